The van der Waals surface area contributed by atoms with Gasteiger partial charge in [-0.25, -0.2) is 0 Å². The SMILES string of the molecule is CCOC(=O)CN1C(=S)N[C@H](c2ccccn2)[C@H]1c1ccn(C(C)(C)C)c1. The fraction of sp³-hybridized carbons (Fsp3) is 0.450. The lowest BCUT2D eigenvalue weighted by Crippen LogP contribution is -2.35. The van der Waals surface area contributed by atoms with Gasteiger partial charge in [0.1, 0.15) is 6.54 Å². The van der Waals surface area contributed by atoms with Crippen molar-refractivity contribution in [3.05, 3.63) is 54.1 Å². The summed E-state index contributed by atoms with van der Waals surface area (Å²) in [6.07, 6.45) is 5.95. The Balaban J connectivity index is 1.98. The molecule has 3 rings (SSSR count). The maximum atomic E-state index is 12.2. The Morgan fingerprint density at radius 2 is 2.11 bits per heavy atom. The first kappa shape index (κ1) is 19.4. The number of esters is 1. The second kappa shape index (κ2) is 7.68. The zero-order valence-corrected chi connectivity index (χ0v) is 17.0. The van der Waals surface area contributed by atoms with E-state index in [1.165, 1.54) is 0 Å². The Kier molecular flexibility index (Phi) is 5.51. The smallest absolute Gasteiger partial charge is 0.325 e. The number of aromatic nitrogens is 2. The molecule has 6 nitrogen and oxygen atoms in total. The third kappa shape index (κ3) is 4.13. The van der Waals surface area contributed by atoms with Crippen molar-refractivity contribution in [1.29, 1.82) is 0 Å². The van der Waals surface area contributed by atoms with Crippen LogP contribution in [0, 0.1) is 0 Å². The van der Waals surface area contributed by atoms with E-state index in [1.54, 1.807) is 13.1 Å². The van der Waals surface area contributed by atoms with E-state index >= 15 is 0 Å². The zero-order valence-electron chi connectivity index (χ0n) is 16.2. The lowest BCUT2D eigenvalue weighted by atomic mass is 9.99. The number of nitrogens with zero attached hydrogens (tertiary/aromatic N) is 3. The number of carbonyl (C=O) groups is 1. The molecule has 1 saturated heterocycles. The van der Waals surface area contributed by atoms with Gasteiger partial charge in [-0.3, -0.25) is 9.78 Å². The van der Waals surface area contributed by atoms with Crippen LogP contribution < -0.4 is 5.32 Å². The van der Waals surface area contributed by atoms with Crippen LogP contribution in [-0.2, 0) is 15.1 Å². The van der Waals surface area contributed by atoms with Crippen molar-refractivity contribution in [3.8, 4) is 0 Å². The Morgan fingerprint density at radius 3 is 2.70 bits per heavy atom. The number of carbonyl (C=O) groups excluding carboxylic acids is 1. The first-order valence-corrected chi connectivity index (χ1v) is 9.54. The molecule has 1 N–H and O–H groups in total. The average Bonchev–Trinajstić information content (AvgIpc) is 3.21. The molecule has 1 fully saturated rings. The molecule has 0 radical (unpaired) electrons. The van der Waals surface area contributed by atoms with Crippen molar-refractivity contribution >= 4 is 23.3 Å². The summed E-state index contributed by atoms with van der Waals surface area (Å²) in [7, 11) is 0. The molecular weight excluding hydrogens is 360 g/mol. The van der Waals surface area contributed by atoms with E-state index in [-0.39, 0.29) is 30.1 Å². The van der Waals surface area contributed by atoms with Crippen LogP contribution in [0.4, 0.5) is 0 Å². The standard InChI is InChI=1S/C20H26N4O2S/c1-5-26-16(25)13-24-18(14-9-11-23(12-14)20(2,3)4)17(22-19(24)27)15-8-6-7-10-21-15/h6-12,17-18H,5,13H2,1-4H3,(H,22,27)/t17-,18-/m1/s1. The molecule has 3 heterocycles. The van der Waals surface area contributed by atoms with E-state index in [0.29, 0.717) is 11.7 Å². The Hall–Kier alpha value is -2.41. The van der Waals surface area contributed by atoms with Crippen LogP contribution in [0.15, 0.2) is 42.9 Å². The highest BCUT2D eigenvalue weighted by atomic mass is 32.1. The van der Waals surface area contributed by atoms with Gasteiger partial charge in [0.2, 0.25) is 0 Å². The molecule has 0 saturated carbocycles. The lowest BCUT2D eigenvalue weighted by Gasteiger charge is -2.27. The molecule has 0 aliphatic carbocycles. The highest BCUT2D eigenvalue weighted by molar-refractivity contribution is 7.80. The molecule has 0 aromatic carbocycles. The average molecular weight is 387 g/mol. The van der Waals surface area contributed by atoms with Crippen LogP contribution in [0.2, 0.25) is 0 Å². The second-order valence-corrected chi connectivity index (χ2v) is 7.97. The van der Waals surface area contributed by atoms with Crippen LogP contribution in [0.1, 0.15) is 51.0 Å². The Labute approximate surface area is 165 Å². The summed E-state index contributed by atoms with van der Waals surface area (Å²) in [5, 5.41) is 3.88. The van der Waals surface area contributed by atoms with Crippen LogP contribution in [-0.4, -0.2) is 38.7 Å². The van der Waals surface area contributed by atoms with Gasteiger partial charge in [0.05, 0.1) is 24.4 Å². The number of pyridine rings is 1. The largest absolute Gasteiger partial charge is 0.465 e. The van der Waals surface area contributed by atoms with E-state index in [9.17, 15) is 4.79 Å². The van der Waals surface area contributed by atoms with Crippen molar-refractivity contribution in [1.82, 2.24) is 19.8 Å². The van der Waals surface area contributed by atoms with E-state index in [0.717, 1.165) is 11.3 Å². The Bertz CT molecular complexity index is 813. The number of thiocarbonyl (C=S) groups is 1. The van der Waals surface area contributed by atoms with E-state index in [2.05, 4.69) is 54.1 Å². The van der Waals surface area contributed by atoms with Gasteiger partial charge in [-0.15, -0.1) is 0 Å². The lowest BCUT2D eigenvalue weighted by molar-refractivity contribution is -0.143. The van der Waals surface area contributed by atoms with Crippen molar-refractivity contribution in [2.75, 3.05) is 13.2 Å². The minimum atomic E-state index is -0.288. The van der Waals surface area contributed by atoms with Crippen molar-refractivity contribution in [3.63, 3.8) is 0 Å². The minimum Gasteiger partial charge on any atom is -0.465 e. The van der Waals surface area contributed by atoms with Gasteiger partial charge in [-0.2, -0.15) is 0 Å². The number of ether oxygens (including phenoxy) is 1. The number of hydrogen-bond acceptors (Lipinski definition) is 4. The minimum absolute atomic E-state index is 0.0305. The molecule has 7 heteroatoms. The highest BCUT2D eigenvalue weighted by Crippen LogP contribution is 2.39. The summed E-state index contributed by atoms with van der Waals surface area (Å²) >= 11 is 5.55. The Morgan fingerprint density at radius 1 is 1.33 bits per heavy atom. The molecule has 1 aliphatic heterocycles. The monoisotopic (exact) mass is 386 g/mol. The molecule has 0 spiro atoms. The molecule has 2 aromatic rings. The predicted octanol–water partition coefficient (Wildman–Crippen LogP) is 3.17. The molecule has 27 heavy (non-hydrogen) atoms. The van der Waals surface area contributed by atoms with E-state index < -0.39 is 0 Å². The van der Waals surface area contributed by atoms with Crippen LogP contribution >= 0.6 is 12.2 Å². The summed E-state index contributed by atoms with van der Waals surface area (Å²) < 4.78 is 7.32. The van der Waals surface area contributed by atoms with Crippen molar-refractivity contribution < 1.29 is 9.53 Å². The summed E-state index contributed by atoms with van der Waals surface area (Å²) in [4.78, 5) is 18.6. The third-order valence-corrected chi connectivity index (χ3v) is 4.99. The summed E-state index contributed by atoms with van der Waals surface area (Å²) in [5.74, 6) is -0.288. The van der Waals surface area contributed by atoms with Gasteiger partial charge in [0.25, 0.3) is 0 Å². The van der Waals surface area contributed by atoms with Crippen molar-refractivity contribution in [2.24, 2.45) is 0 Å². The molecule has 2 aromatic heterocycles. The zero-order chi connectivity index (χ0) is 19.6. The fourth-order valence-electron chi connectivity index (χ4n) is 3.29. The fourth-order valence-corrected chi connectivity index (χ4v) is 3.60. The van der Waals surface area contributed by atoms with E-state index in [1.807, 2.05) is 23.1 Å². The normalized spacial score (nSPS) is 19.9. The topological polar surface area (TPSA) is 59.4 Å². The first-order chi connectivity index (χ1) is 12.8. The molecule has 2 atom stereocenters. The van der Waals surface area contributed by atoms with Gasteiger partial charge >= 0.3 is 5.97 Å². The summed E-state index contributed by atoms with van der Waals surface area (Å²) in [5.41, 5.74) is 1.94. The summed E-state index contributed by atoms with van der Waals surface area (Å²) in [6, 6.07) is 7.63. The maximum absolute atomic E-state index is 12.2. The third-order valence-electron chi connectivity index (χ3n) is 4.63. The maximum Gasteiger partial charge on any atom is 0.325 e. The van der Waals surface area contributed by atoms with Crippen LogP contribution in [0.3, 0.4) is 0 Å². The molecule has 0 bridgehead atoms. The highest BCUT2D eigenvalue weighted by Gasteiger charge is 2.41. The van der Waals surface area contributed by atoms with Gasteiger partial charge in [-0.05, 0) is 63.7 Å². The molecule has 1 aliphatic rings. The van der Waals surface area contributed by atoms with Crippen LogP contribution in [0.25, 0.3) is 0 Å². The first-order valence-electron chi connectivity index (χ1n) is 9.13. The molecule has 0 unspecified atom stereocenters. The van der Waals surface area contributed by atoms with Crippen molar-refractivity contribution in [2.45, 2.75) is 45.3 Å². The predicted molar refractivity (Wildman–Crippen MR) is 108 cm³/mol. The second-order valence-electron chi connectivity index (χ2n) is 7.58. The van der Waals surface area contributed by atoms with E-state index in [4.69, 9.17) is 17.0 Å². The van der Waals surface area contributed by atoms with Gasteiger partial charge < -0.3 is 19.5 Å². The number of hydrogen-bond donors (Lipinski definition) is 1. The van der Waals surface area contributed by atoms with Crippen LogP contribution in [0.5, 0.6) is 0 Å². The molecule has 144 valence electrons. The number of rotatable bonds is 5. The number of nitrogens with one attached hydrogen (secondary N) is 1. The molecular formula is C20H26N4O2S. The summed E-state index contributed by atoms with van der Waals surface area (Å²) in [6.45, 7) is 8.72. The quantitative estimate of drug-likeness (QED) is 0.629. The van der Waals surface area contributed by atoms with Gasteiger partial charge in [0, 0.05) is 24.1 Å². The molecule has 0 amide bonds. The van der Waals surface area contributed by atoms with Gasteiger partial charge in [0.15, 0.2) is 5.11 Å². The van der Waals surface area contributed by atoms with Gasteiger partial charge in [-0.1, -0.05) is 6.07 Å².